The summed E-state index contributed by atoms with van der Waals surface area (Å²) in [6.07, 6.45) is 4.47. The Balaban J connectivity index is 1.71. The number of rotatable bonds is 3. The van der Waals surface area contributed by atoms with Gasteiger partial charge in [0.25, 0.3) is 5.56 Å². The number of pyridine rings is 2. The van der Waals surface area contributed by atoms with Crippen LogP contribution in [0.3, 0.4) is 0 Å². The summed E-state index contributed by atoms with van der Waals surface area (Å²) in [6.45, 7) is 5.01. The van der Waals surface area contributed by atoms with Crippen LogP contribution >= 0.6 is 11.3 Å². The molecule has 1 aliphatic heterocycles. The van der Waals surface area contributed by atoms with Crippen LogP contribution in [0.15, 0.2) is 40.8 Å². The molecule has 0 radical (unpaired) electrons. The monoisotopic (exact) mass is 338 g/mol. The maximum Gasteiger partial charge on any atom is 0.257 e. The van der Waals surface area contributed by atoms with E-state index in [-0.39, 0.29) is 5.56 Å². The van der Waals surface area contributed by atoms with Gasteiger partial charge >= 0.3 is 0 Å². The van der Waals surface area contributed by atoms with Crippen molar-refractivity contribution in [2.24, 2.45) is 0 Å². The largest absolute Gasteiger partial charge is 0.324 e. The number of fused-ring (bicyclic) bond motifs is 1. The summed E-state index contributed by atoms with van der Waals surface area (Å²) in [5.74, 6) is 0. The van der Waals surface area contributed by atoms with Crippen LogP contribution in [0, 0.1) is 0 Å². The lowest BCUT2D eigenvalue weighted by Gasteiger charge is -2.27. The summed E-state index contributed by atoms with van der Waals surface area (Å²) in [6, 6.07) is 5.88. The van der Waals surface area contributed by atoms with Gasteiger partial charge in [0.15, 0.2) is 0 Å². The molecule has 5 nitrogen and oxygen atoms in total. The minimum absolute atomic E-state index is 0.0571. The lowest BCUT2D eigenvalue weighted by molar-refractivity contribution is 0.263. The minimum atomic E-state index is -0.0571. The van der Waals surface area contributed by atoms with Crippen molar-refractivity contribution < 1.29 is 0 Å². The molecule has 1 N–H and O–H groups in total. The van der Waals surface area contributed by atoms with Crippen molar-refractivity contribution in [1.82, 2.24) is 19.9 Å². The first-order chi connectivity index (χ1) is 11.7. The normalized spacial score (nSPS) is 14.5. The predicted molar refractivity (Wildman–Crippen MR) is 96.1 cm³/mol. The van der Waals surface area contributed by atoms with Crippen molar-refractivity contribution in [3.8, 4) is 21.8 Å². The second kappa shape index (κ2) is 6.30. The molecule has 0 saturated heterocycles. The second-order valence-electron chi connectivity index (χ2n) is 5.91. The van der Waals surface area contributed by atoms with Crippen molar-refractivity contribution in [1.29, 1.82) is 0 Å². The van der Waals surface area contributed by atoms with Gasteiger partial charge in [0, 0.05) is 42.1 Å². The maximum absolute atomic E-state index is 12.5. The van der Waals surface area contributed by atoms with Gasteiger partial charge in [-0.05, 0) is 36.7 Å². The third kappa shape index (κ3) is 2.79. The van der Waals surface area contributed by atoms with Gasteiger partial charge in [-0.2, -0.15) is 0 Å². The smallest absolute Gasteiger partial charge is 0.257 e. The lowest BCUT2D eigenvalue weighted by Crippen LogP contribution is -2.32. The predicted octanol–water partition coefficient (Wildman–Crippen LogP) is 2.94. The van der Waals surface area contributed by atoms with E-state index in [1.807, 2.05) is 23.6 Å². The topological polar surface area (TPSA) is 61.9 Å². The number of hydrogen-bond acceptors (Lipinski definition) is 5. The Morgan fingerprint density at radius 3 is 2.96 bits per heavy atom. The first-order valence-corrected chi connectivity index (χ1v) is 8.96. The van der Waals surface area contributed by atoms with Crippen LogP contribution in [-0.2, 0) is 13.0 Å². The molecular weight excluding hydrogens is 320 g/mol. The van der Waals surface area contributed by atoms with Gasteiger partial charge in [-0.1, -0.05) is 6.92 Å². The highest BCUT2D eigenvalue weighted by Crippen LogP contribution is 2.28. The van der Waals surface area contributed by atoms with Crippen molar-refractivity contribution in [2.45, 2.75) is 19.9 Å². The van der Waals surface area contributed by atoms with Gasteiger partial charge in [-0.15, -0.1) is 11.3 Å². The molecular formula is C18H18N4OS. The quantitative estimate of drug-likeness (QED) is 0.797. The summed E-state index contributed by atoms with van der Waals surface area (Å²) in [5, 5.41) is 2.86. The van der Waals surface area contributed by atoms with Crippen LogP contribution in [0.5, 0.6) is 0 Å². The Morgan fingerprint density at radius 2 is 2.17 bits per heavy atom. The SMILES string of the molecule is CCN1CCc2cc(-c3csc(-c4ccncc4)n3)c(=O)[nH]c2C1. The molecule has 6 heteroatoms. The molecule has 0 unspecified atom stereocenters. The standard InChI is InChI=1S/C18H18N4OS/c1-2-22-8-5-13-9-14(17(23)20-15(13)10-22)16-11-24-18(21-16)12-3-6-19-7-4-12/h3-4,6-7,9,11H,2,5,8,10H2,1H3,(H,20,23). The number of nitrogens with one attached hydrogen (secondary N) is 1. The van der Waals surface area contributed by atoms with Crippen molar-refractivity contribution >= 4 is 11.3 Å². The van der Waals surface area contributed by atoms with Crippen LogP contribution < -0.4 is 5.56 Å². The molecule has 1 aliphatic rings. The van der Waals surface area contributed by atoms with Gasteiger partial charge in [0.2, 0.25) is 0 Å². The molecule has 122 valence electrons. The van der Waals surface area contributed by atoms with E-state index in [9.17, 15) is 4.79 Å². The zero-order valence-electron chi connectivity index (χ0n) is 13.5. The highest BCUT2D eigenvalue weighted by Gasteiger charge is 2.19. The van der Waals surface area contributed by atoms with Gasteiger partial charge in [-0.3, -0.25) is 14.7 Å². The van der Waals surface area contributed by atoms with Gasteiger partial charge < -0.3 is 4.98 Å². The molecule has 0 saturated carbocycles. The summed E-state index contributed by atoms with van der Waals surface area (Å²) in [5.41, 5.74) is 4.64. The Kier molecular flexibility index (Phi) is 4.00. The fourth-order valence-corrected chi connectivity index (χ4v) is 3.87. The number of aromatic amines is 1. The van der Waals surface area contributed by atoms with Gasteiger partial charge in [0.05, 0.1) is 11.3 Å². The van der Waals surface area contributed by atoms with Gasteiger partial charge in [0.1, 0.15) is 5.01 Å². The Labute approximate surface area is 144 Å². The Hall–Kier alpha value is -2.31. The molecule has 0 amide bonds. The maximum atomic E-state index is 12.5. The van der Waals surface area contributed by atoms with Crippen molar-refractivity contribution in [3.05, 3.63) is 57.6 Å². The van der Waals surface area contributed by atoms with Crippen LogP contribution in [0.25, 0.3) is 21.8 Å². The zero-order chi connectivity index (χ0) is 16.5. The average molecular weight is 338 g/mol. The molecule has 4 rings (SSSR count). The number of H-pyrrole nitrogens is 1. The summed E-state index contributed by atoms with van der Waals surface area (Å²) in [4.78, 5) is 26.6. The molecule has 3 aromatic heterocycles. The fourth-order valence-electron chi connectivity index (χ4n) is 3.04. The van der Waals surface area contributed by atoms with E-state index in [1.54, 1.807) is 23.7 Å². The molecule has 0 aromatic carbocycles. The van der Waals surface area contributed by atoms with Crippen LogP contribution in [0.2, 0.25) is 0 Å². The number of thiazole rings is 1. The lowest BCUT2D eigenvalue weighted by atomic mass is 10.0. The number of nitrogens with zero attached hydrogens (tertiary/aromatic N) is 3. The van der Waals surface area contributed by atoms with E-state index in [0.29, 0.717) is 5.56 Å². The molecule has 4 heterocycles. The number of likely N-dealkylation sites (N-methyl/N-ethyl adjacent to an activating group) is 1. The zero-order valence-corrected chi connectivity index (χ0v) is 14.3. The summed E-state index contributed by atoms with van der Waals surface area (Å²) < 4.78 is 0. The van der Waals surface area contributed by atoms with E-state index in [4.69, 9.17) is 0 Å². The van der Waals surface area contributed by atoms with Gasteiger partial charge in [-0.25, -0.2) is 4.98 Å². The molecule has 24 heavy (non-hydrogen) atoms. The first kappa shape index (κ1) is 15.2. The minimum Gasteiger partial charge on any atom is -0.324 e. The highest BCUT2D eigenvalue weighted by molar-refractivity contribution is 7.13. The summed E-state index contributed by atoms with van der Waals surface area (Å²) >= 11 is 1.55. The molecule has 0 spiro atoms. The third-order valence-electron chi connectivity index (χ3n) is 4.45. The molecule has 3 aromatic rings. The van der Waals surface area contributed by atoms with Crippen molar-refractivity contribution in [3.63, 3.8) is 0 Å². The van der Waals surface area contributed by atoms with E-state index in [1.165, 1.54) is 5.56 Å². The fraction of sp³-hybridized carbons (Fsp3) is 0.278. The van der Waals surface area contributed by atoms with E-state index in [0.717, 1.165) is 48.0 Å². The summed E-state index contributed by atoms with van der Waals surface area (Å²) in [7, 11) is 0. The van der Waals surface area contributed by atoms with Crippen LogP contribution in [0.4, 0.5) is 0 Å². The number of hydrogen-bond donors (Lipinski definition) is 1. The highest BCUT2D eigenvalue weighted by atomic mass is 32.1. The number of aromatic nitrogens is 3. The molecule has 0 fully saturated rings. The Morgan fingerprint density at radius 1 is 1.33 bits per heavy atom. The average Bonchev–Trinajstić information content (AvgIpc) is 3.11. The van der Waals surface area contributed by atoms with Crippen molar-refractivity contribution in [2.75, 3.05) is 13.1 Å². The van der Waals surface area contributed by atoms with E-state index < -0.39 is 0 Å². The Bertz CT molecular complexity index is 916. The second-order valence-corrected chi connectivity index (χ2v) is 6.77. The van der Waals surface area contributed by atoms with E-state index in [2.05, 4.69) is 26.8 Å². The van der Waals surface area contributed by atoms with E-state index >= 15 is 0 Å². The molecule has 0 atom stereocenters. The van der Waals surface area contributed by atoms with Crippen LogP contribution in [0.1, 0.15) is 18.2 Å². The molecule has 0 aliphatic carbocycles. The third-order valence-corrected chi connectivity index (χ3v) is 5.34. The molecule has 0 bridgehead atoms. The first-order valence-electron chi connectivity index (χ1n) is 8.08. The van der Waals surface area contributed by atoms with Crippen LogP contribution in [-0.4, -0.2) is 32.9 Å².